The molecule has 0 N–H and O–H groups in total. The lowest BCUT2D eigenvalue weighted by atomic mass is 10.00. The van der Waals surface area contributed by atoms with Gasteiger partial charge in [0.25, 0.3) is 0 Å². The highest BCUT2D eigenvalue weighted by atomic mass is 32.1. The molecular weight excluding hydrogens is 663 g/mol. The van der Waals surface area contributed by atoms with E-state index < -0.39 is 0 Å². The van der Waals surface area contributed by atoms with Crippen LogP contribution in [0.15, 0.2) is 156 Å². The van der Waals surface area contributed by atoms with Crippen molar-refractivity contribution in [1.82, 2.24) is 15.0 Å². The Balaban J connectivity index is 1.09. The first-order valence-corrected chi connectivity index (χ1v) is 18.5. The quantitative estimate of drug-likeness (QED) is 0.185. The second-order valence-corrected chi connectivity index (χ2v) is 14.9. The van der Waals surface area contributed by atoms with E-state index in [9.17, 15) is 0 Å². The standard InChI is InChI=1S/C45H25N3OS2/c1-2-10-26(11-3-1)43-46-44(28-20-22-38-35(25-28)30-12-4-6-18-37(30)49-38)48-45(47-43)34-17-9-16-33-36-24-27(21-23-40(36)51-42(33)34)29-14-8-15-32-31-13-5-7-19-39(31)50-41(29)32/h1-25H. The minimum atomic E-state index is 0.628. The van der Waals surface area contributed by atoms with Crippen LogP contribution in [0.3, 0.4) is 0 Å². The number of hydrogen-bond acceptors (Lipinski definition) is 6. The first-order chi connectivity index (χ1) is 25.2. The smallest absolute Gasteiger partial charge is 0.165 e. The summed E-state index contributed by atoms with van der Waals surface area (Å²) in [5.41, 5.74) is 7.06. The summed E-state index contributed by atoms with van der Waals surface area (Å²) in [6, 6.07) is 53.2. The lowest BCUT2D eigenvalue weighted by molar-refractivity contribution is 0.669. The maximum Gasteiger partial charge on any atom is 0.165 e. The molecule has 0 spiro atoms. The third-order valence-electron chi connectivity index (χ3n) is 9.76. The molecule has 0 fully saturated rings. The first kappa shape index (κ1) is 28.6. The average Bonchev–Trinajstić information content (AvgIpc) is 3.89. The molecule has 0 unspecified atom stereocenters. The van der Waals surface area contributed by atoms with E-state index in [4.69, 9.17) is 19.4 Å². The van der Waals surface area contributed by atoms with Crippen molar-refractivity contribution in [2.45, 2.75) is 0 Å². The van der Waals surface area contributed by atoms with Gasteiger partial charge in [-0.1, -0.05) is 103 Å². The third-order valence-corrected chi connectivity index (χ3v) is 12.2. The second kappa shape index (κ2) is 11.2. The zero-order valence-electron chi connectivity index (χ0n) is 27.0. The molecule has 0 radical (unpaired) electrons. The number of aromatic nitrogens is 3. The van der Waals surface area contributed by atoms with Crippen molar-refractivity contribution in [2.75, 3.05) is 0 Å². The van der Waals surface area contributed by atoms with E-state index in [1.807, 2.05) is 72.0 Å². The zero-order chi connectivity index (χ0) is 33.5. The van der Waals surface area contributed by atoms with E-state index in [1.54, 1.807) is 11.3 Å². The van der Waals surface area contributed by atoms with E-state index in [1.165, 1.54) is 46.8 Å². The number of rotatable bonds is 4. The van der Waals surface area contributed by atoms with Crippen LogP contribution in [-0.4, -0.2) is 15.0 Å². The Morgan fingerprint density at radius 3 is 1.80 bits per heavy atom. The molecule has 0 amide bonds. The van der Waals surface area contributed by atoms with Gasteiger partial charge in [-0.2, -0.15) is 0 Å². The minimum absolute atomic E-state index is 0.628. The largest absolute Gasteiger partial charge is 0.456 e. The maximum atomic E-state index is 6.13. The summed E-state index contributed by atoms with van der Waals surface area (Å²) < 4.78 is 11.2. The number of hydrogen-bond donors (Lipinski definition) is 0. The van der Waals surface area contributed by atoms with Gasteiger partial charge in [-0.3, -0.25) is 0 Å². The lowest BCUT2D eigenvalue weighted by Gasteiger charge is -2.09. The van der Waals surface area contributed by atoms with Gasteiger partial charge in [-0.25, -0.2) is 15.0 Å². The van der Waals surface area contributed by atoms with Gasteiger partial charge in [-0.15, -0.1) is 22.7 Å². The molecular formula is C45H25N3OS2. The van der Waals surface area contributed by atoms with Crippen LogP contribution in [0.5, 0.6) is 0 Å². The summed E-state index contributed by atoms with van der Waals surface area (Å²) in [4.78, 5) is 15.3. The number of para-hydroxylation sites is 1. The van der Waals surface area contributed by atoms with E-state index in [0.717, 1.165) is 43.3 Å². The molecule has 4 aromatic heterocycles. The van der Waals surface area contributed by atoms with Crippen LogP contribution in [0.1, 0.15) is 0 Å². The van der Waals surface area contributed by atoms with Crippen molar-refractivity contribution < 1.29 is 4.42 Å². The highest BCUT2D eigenvalue weighted by molar-refractivity contribution is 7.26. The summed E-state index contributed by atoms with van der Waals surface area (Å²) in [6.45, 7) is 0. The normalized spacial score (nSPS) is 11.9. The van der Waals surface area contributed by atoms with Crippen molar-refractivity contribution in [2.24, 2.45) is 0 Å². The summed E-state index contributed by atoms with van der Waals surface area (Å²) in [7, 11) is 0. The Morgan fingerprint density at radius 2 is 0.941 bits per heavy atom. The molecule has 4 nitrogen and oxygen atoms in total. The molecule has 0 bridgehead atoms. The van der Waals surface area contributed by atoms with Gasteiger partial charge >= 0.3 is 0 Å². The number of fused-ring (bicyclic) bond motifs is 9. The van der Waals surface area contributed by atoms with Crippen LogP contribution in [0.4, 0.5) is 0 Å². The fraction of sp³-hybridized carbons (Fsp3) is 0. The van der Waals surface area contributed by atoms with Crippen LogP contribution < -0.4 is 0 Å². The fourth-order valence-corrected chi connectivity index (χ4v) is 9.75. The van der Waals surface area contributed by atoms with Crippen LogP contribution in [-0.2, 0) is 0 Å². The first-order valence-electron chi connectivity index (χ1n) is 16.8. The van der Waals surface area contributed by atoms with Gasteiger partial charge in [0.15, 0.2) is 17.5 Å². The minimum Gasteiger partial charge on any atom is -0.456 e. The Hall–Kier alpha value is -6.21. The molecule has 0 saturated carbocycles. The fourth-order valence-electron chi connectivity index (χ4n) is 7.32. The number of furan rings is 1. The van der Waals surface area contributed by atoms with E-state index in [-0.39, 0.29) is 0 Å². The third kappa shape index (κ3) is 4.54. The molecule has 4 heterocycles. The van der Waals surface area contributed by atoms with E-state index in [2.05, 4.69) is 91.0 Å². The highest BCUT2D eigenvalue weighted by Gasteiger charge is 2.19. The van der Waals surface area contributed by atoms with Crippen LogP contribution in [0, 0.1) is 0 Å². The monoisotopic (exact) mass is 687 g/mol. The summed E-state index contributed by atoms with van der Waals surface area (Å²) >= 11 is 3.66. The molecule has 6 heteroatoms. The van der Waals surface area contributed by atoms with Crippen LogP contribution in [0.2, 0.25) is 0 Å². The van der Waals surface area contributed by atoms with Gasteiger partial charge in [-0.05, 0) is 59.7 Å². The van der Waals surface area contributed by atoms with Crippen molar-refractivity contribution >= 4 is 85.0 Å². The molecule has 7 aromatic carbocycles. The number of benzene rings is 7. The molecule has 0 aliphatic carbocycles. The van der Waals surface area contributed by atoms with Crippen molar-refractivity contribution in [1.29, 1.82) is 0 Å². The molecule has 0 atom stereocenters. The molecule has 11 rings (SSSR count). The Bertz CT molecular complexity index is 3160. The van der Waals surface area contributed by atoms with Gasteiger partial charge in [0.2, 0.25) is 0 Å². The van der Waals surface area contributed by atoms with Crippen molar-refractivity contribution in [3.05, 3.63) is 152 Å². The molecule has 0 aliphatic rings. The summed E-state index contributed by atoms with van der Waals surface area (Å²) in [5, 5.41) is 7.18. The van der Waals surface area contributed by atoms with Crippen molar-refractivity contribution in [3.8, 4) is 45.3 Å². The summed E-state index contributed by atoms with van der Waals surface area (Å²) in [5.74, 6) is 1.93. The molecule has 238 valence electrons. The van der Waals surface area contributed by atoms with Gasteiger partial charge in [0.1, 0.15) is 11.2 Å². The van der Waals surface area contributed by atoms with Crippen LogP contribution in [0.25, 0.3) is 108 Å². The SMILES string of the molecule is c1ccc(-c2nc(-c3ccc4oc5ccccc5c4c3)nc(-c3cccc4c3sc3ccc(-c5cccc6c5sc5ccccc56)cc34)n2)cc1. The maximum absolute atomic E-state index is 6.13. The predicted octanol–water partition coefficient (Wildman–Crippen LogP) is 13.2. The van der Waals surface area contributed by atoms with E-state index >= 15 is 0 Å². The average molecular weight is 688 g/mol. The highest BCUT2D eigenvalue weighted by Crippen LogP contribution is 2.44. The summed E-state index contributed by atoms with van der Waals surface area (Å²) in [6.07, 6.45) is 0. The Morgan fingerprint density at radius 1 is 0.353 bits per heavy atom. The predicted molar refractivity (Wildman–Crippen MR) is 215 cm³/mol. The molecule has 0 saturated heterocycles. The topological polar surface area (TPSA) is 51.8 Å². The van der Waals surface area contributed by atoms with Gasteiger partial charge in [0, 0.05) is 67.8 Å². The van der Waals surface area contributed by atoms with Crippen molar-refractivity contribution in [3.63, 3.8) is 0 Å². The van der Waals surface area contributed by atoms with Crippen LogP contribution >= 0.6 is 22.7 Å². The number of thiophene rings is 2. The zero-order valence-corrected chi connectivity index (χ0v) is 28.6. The molecule has 11 aromatic rings. The van der Waals surface area contributed by atoms with Gasteiger partial charge in [0.05, 0.1) is 0 Å². The molecule has 51 heavy (non-hydrogen) atoms. The second-order valence-electron chi connectivity index (χ2n) is 12.8. The molecule has 0 aliphatic heterocycles. The number of nitrogens with zero attached hydrogens (tertiary/aromatic N) is 3. The van der Waals surface area contributed by atoms with E-state index in [0.29, 0.717) is 17.5 Å². The Labute approximate surface area is 299 Å². The van der Waals surface area contributed by atoms with Gasteiger partial charge < -0.3 is 4.42 Å². The Kier molecular flexibility index (Phi) is 6.26. The lowest BCUT2D eigenvalue weighted by Crippen LogP contribution is -2.00.